The lowest BCUT2D eigenvalue weighted by molar-refractivity contribution is -0.228. The first-order valence-corrected chi connectivity index (χ1v) is 20.3. The van der Waals surface area contributed by atoms with E-state index in [0.717, 1.165) is 105 Å². The van der Waals surface area contributed by atoms with Crippen molar-refractivity contribution in [3.8, 4) is 5.75 Å². The number of ketones is 1. The Hall–Kier alpha value is -4.31. The van der Waals surface area contributed by atoms with Gasteiger partial charge in [0.1, 0.15) is 18.1 Å². The number of Topliss-reactive ketones (excluding diaryl/α,β-unsaturated/α-hetero) is 1. The normalized spacial score (nSPS) is 19.5. The van der Waals surface area contributed by atoms with E-state index in [-0.39, 0.29) is 10.8 Å². The molecule has 3 saturated heterocycles. The number of benzene rings is 1. The summed E-state index contributed by atoms with van der Waals surface area (Å²) in [4.78, 5) is 55.0. The monoisotopic (exact) mass is 802 g/mol. The van der Waals surface area contributed by atoms with E-state index >= 15 is 0 Å². The fourth-order valence-electron chi connectivity index (χ4n) is 6.68. The van der Waals surface area contributed by atoms with Crippen LogP contribution >= 0.6 is 11.3 Å². The Morgan fingerprint density at radius 3 is 2.40 bits per heavy atom. The van der Waals surface area contributed by atoms with E-state index in [9.17, 15) is 27.9 Å². The molecule has 0 bridgehead atoms. The van der Waals surface area contributed by atoms with Crippen molar-refractivity contribution in [1.29, 1.82) is 0 Å². The summed E-state index contributed by atoms with van der Waals surface area (Å²) in [5.74, 6) is -2.27. The molecule has 20 heteroatoms. The number of nitrogens with two attached hydrogens (primary N) is 1. The predicted octanol–water partition coefficient (Wildman–Crippen LogP) is 1.52. The number of anilines is 1. The molecule has 2 aromatic heterocycles. The summed E-state index contributed by atoms with van der Waals surface area (Å²) < 4.78 is 41.5. The van der Waals surface area contributed by atoms with E-state index in [4.69, 9.17) is 24.8 Å². The van der Waals surface area contributed by atoms with Crippen LogP contribution in [-0.2, 0) is 40.3 Å². The van der Waals surface area contributed by atoms with Crippen molar-refractivity contribution >= 4 is 61.1 Å². The summed E-state index contributed by atoms with van der Waals surface area (Å²) in [5.41, 5.74) is 5.80. The molecule has 1 amide bonds. The molecular formula is C35H46N8O10S2. The lowest BCUT2D eigenvalue weighted by Crippen LogP contribution is -2.68. The summed E-state index contributed by atoms with van der Waals surface area (Å²) in [6.07, 6.45) is 0.855. The van der Waals surface area contributed by atoms with E-state index < -0.39 is 64.4 Å². The minimum atomic E-state index is -4.99. The average Bonchev–Trinajstić information content (AvgIpc) is 3.53. The summed E-state index contributed by atoms with van der Waals surface area (Å²) in [5, 5.41) is 23.2. The molecular weight excluding hydrogens is 757 g/mol. The topological polar surface area (TPSA) is 248 Å². The van der Waals surface area contributed by atoms with Crippen LogP contribution in [0, 0.1) is 17.8 Å². The Bertz CT molecular complexity index is 2000. The fraction of sp³-hybridized carbons (Fsp3) is 0.543. The van der Waals surface area contributed by atoms with Crippen molar-refractivity contribution in [3.05, 3.63) is 47.1 Å². The zero-order valence-corrected chi connectivity index (χ0v) is 32.2. The highest BCUT2D eigenvalue weighted by molar-refractivity contribution is 7.80. The van der Waals surface area contributed by atoms with Gasteiger partial charge in [-0.05, 0) is 75.8 Å². The zero-order valence-electron chi connectivity index (χ0n) is 30.5. The maximum Gasteiger partial charge on any atom is 0.418 e. The smallest absolute Gasteiger partial charge is 0.418 e. The number of carboxylic acid groups (broad SMARTS) is 1. The number of nitrogens with one attached hydrogen (secondary N) is 2. The zero-order chi connectivity index (χ0) is 39.3. The number of nitrogens with zero attached hydrogens (tertiary/aromatic N) is 5. The van der Waals surface area contributed by atoms with Crippen LogP contribution in [0.15, 0.2) is 40.9 Å². The molecule has 1 unspecified atom stereocenters. The molecule has 0 radical (unpaired) electrons. The maximum absolute atomic E-state index is 13.4. The Labute approximate surface area is 322 Å². The van der Waals surface area contributed by atoms with Gasteiger partial charge in [-0.1, -0.05) is 11.2 Å². The first kappa shape index (κ1) is 40.4. The van der Waals surface area contributed by atoms with Gasteiger partial charge in [-0.2, -0.15) is 13.5 Å². The molecule has 6 rings (SSSR count). The van der Waals surface area contributed by atoms with Gasteiger partial charge in [-0.25, -0.2) is 9.78 Å². The van der Waals surface area contributed by atoms with Gasteiger partial charge >= 0.3 is 16.4 Å². The lowest BCUT2D eigenvalue weighted by Gasteiger charge is -2.50. The minimum Gasteiger partial charge on any atom is -0.489 e. The number of hydroxylamine groups is 2. The molecule has 18 nitrogen and oxygen atoms in total. The average molecular weight is 803 g/mol. The van der Waals surface area contributed by atoms with Gasteiger partial charge in [-0.15, -0.1) is 15.6 Å². The number of β-lactam (4-membered cyclic amide) rings is 1. The largest absolute Gasteiger partial charge is 0.489 e. The number of aliphatic carboxylic acids is 1. The maximum atomic E-state index is 13.4. The highest BCUT2D eigenvalue weighted by atomic mass is 32.3. The van der Waals surface area contributed by atoms with E-state index in [1.165, 1.54) is 19.2 Å². The van der Waals surface area contributed by atoms with Crippen molar-refractivity contribution in [3.63, 3.8) is 0 Å². The minimum absolute atomic E-state index is 0.0139. The molecule has 0 saturated carbocycles. The van der Waals surface area contributed by atoms with Crippen LogP contribution in [0.5, 0.6) is 5.75 Å². The molecule has 0 aliphatic carbocycles. The molecule has 3 aliphatic heterocycles. The first-order valence-electron chi connectivity index (χ1n) is 18.0. The summed E-state index contributed by atoms with van der Waals surface area (Å²) in [6, 6.07) is 9.18. The quantitative estimate of drug-likeness (QED) is 0.0337. The number of ether oxygens (including phenoxy) is 1. The van der Waals surface area contributed by atoms with Gasteiger partial charge in [0.05, 0.1) is 17.0 Å². The second-order valence-electron chi connectivity index (χ2n) is 14.6. The first-order chi connectivity index (χ1) is 26.2. The summed E-state index contributed by atoms with van der Waals surface area (Å²) >= 11 is 0.996. The van der Waals surface area contributed by atoms with Gasteiger partial charge in [0.2, 0.25) is 0 Å². The Kier molecular flexibility index (Phi) is 12.6. The number of hydrogen-bond donors (Lipinski definition) is 5. The molecule has 2 atom stereocenters. The van der Waals surface area contributed by atoms with Gasteiger partial charge < -0.3 is 35.9 Å². The molecule has 1 aromatic carbocycles. The van der Waals surface area contributed by atoms with Crippen LogP contribution in [0.2, 0.25) is 0 Å². The van der Waals surface area contributed by atoms with E-state index in [1.54, 1.807) is 18.2 Å². The number of fused-ring (bicyclic) bond motifs is 1. The number of carbonyl (C=O) groups is 3. The SMILES string of the molecule is CC1(C)C(CC(=O)/C(=N\O[C@@H](COc2ccc3nc(CCCCN(CC4CNC4)CC4CNC4)ccc3c2)C(=O)O)c2csc(N)n2)C(=O)N1OS(=O)(=O)O. The number of oxime groups is 1. The second kappa shape index (κ2) is 17.2. The number of aryl methyl sites for hydroxylation is 1. The number of thiazole rings is 1. The second-order valence-corrected chi connectivity index (χ2v) is 16.5. The molecule has 5 heterocycles. The van der Waals surface area contributed by atoms with Crippen molar-refractivity contribution in [2.75, 3.05) is 58.2 Å². The number of pyridine rings is 1. The van der Waals surface area contributed by atoms with E-state index in [1.807, 2.05) is 12.1 Å². The molecule has 3 aliphatic rings. The van der Waals surface area contributed by atoms with Crippen LogP contribution in [0.25, 0.3) is 10.9 Å². The third-order valence-corrected chi connectivity index (χ3v) is 11.1. The number of hydrogen-bond acceptors (Lipinski definition) is 16. The highest BCUT2D eigenvalue weighted by Gasteiger charge is 2.57. The number of aromatic nitrogens is 2. The Morgan fingerprint density at radius 1 is 1.11 bits per heavy atom. The van der Waals surface area contributed by atoms with Crippen molar-refractivity contribution < 1.29 is 46.3 Å². The van der Waals surface area contributed by atoms with E-state index in [0.29, 0.717) is 10.8 Å². The standard InChI is InChI=1S/C35H46N8O10S2/c1-35(2)26(32(45)43(35)53-55(48,49)50)12-29(44)31(28-20-54-34(36)40-28)41-52-30(33(46)47)19-51-25-8-9-27-23(11-25)6-7-24(39-27)5-3-4-10-42(17-21-13-37-14-21)18-22-15-38-16-22/h6-9,11,20-22,26,30,37-38H,3-5,10,12-19H2,1-2H3,(H2,36,40)(H,46,47)(H,48,49,50)/b41-31-/t26?,30-/m0/s1. The third kappa shape index (κ3) is 10.3. The highest BCUT2D eigenvalue weighted by Crippen LogP contribution is 2.40. The van der Waals surface area contributed by atoms with Crippen LogP contribution in [0.3, 0.4) is 0 Å². The van der Waals surface area contributed by atoms with E-state index in [2.05, 4.69) is 30.0 Å². The third-order valence-electron chi connectivity index (χ3n) is 10.0. The lowest BCUT2D eigenvalue weighted by atomic mass is 9.74. The van der Waals surface area contributed by atoms with Gasteiger partial charge in [0.15, 0.2) is 16.6 Å². The van der Waals surface area contributed by atoms with Gasteiger partial charge in [0.25, 0.3) is 12.0 Å². The summed E-state index contributed by atoms with van der Waals surface area (Å²) in [7, 11) is -4.99. The molecule has 298 valence electrons. The number of nitrogen functional groups attached to an aromatic ring is 1. The number of amides is 1. The number of carboxylic acids is 1. The van der Waals surface area contributed by atoms with Gasteiger partial charge in [-0.3, -0.25) is 19.1 Å². The molecule has 6 N–H and O–H groups in total. The molecule has 3 fully saturated rings. The van der Waals surface area contributed by atoms with Crippen LogP contribution < -0.4 is 21.1 Å². The summed E-state index contributed by atoms with van der Waals surface area (Å²) in [6.45, 7) is 10.2. The number of rotatable bonds is 21. The van der Waals surface area contributed by atoms with Gasteiger partial charge in [0, 0.05) is 62.1 Å². The fourth-order valence-corrected chi connectivity index (χ4v) is 7.68. The van der Waals surface area contributed by atoms with Crippen molar-refractivity contribution in [1.82, 2.24) is 30.6 Å². The Morgan fingerprint density at radius 2 is 1.82 bits per heavy atom. The molecule has 3 aromatic rings. The van der Waals surface area contributed by atoms with Crippen LogP contribution in [-0.4, -0.2) is 125 Å². The van der Waals surface area contributed by atoms with Crippen molar-refractivity contribution in [2.45, 2.75) is 51.2 Å². The number of unbranched alkanes of at least 4 members (excludes halogenated alkanes) is 1. The predicted molar refractivity (Wildman–Crippen MR) is 202 cm³/mol. The van der Waals surface area contributed by atoms with Crippen molar-refractivity contribution in [2.24, 2.45) is 22.9 Å². The molecule has 55 heavy (non-hydrogen) atoms. The van der Waals surface area contributed by atoms with Crippen LogP contribution in [0.1, 0.15) is 44.5 Å². The number of carbonyl (C=O) groups excluding carboxylic acids is 2. The Balaban J connectivity index is 1.03. The molecule has 0 spiro atoms. The van der Waals surface area contributed by atoms with Crippen LogP contribution in [0.4, 0.5) is 5.13 Å².